The van der Waals surface area contributed by atoms with Gasteiger partial charge in [0, 0.05) is 25.1 Å². The molecule has 3 atom stereocenters. The van der Waals surface area contributed by atoms with Crippen LogP contribution in [0.5, 0.6) is 5.75 Å². The number of urea groups is 1. The number of aliphatic hydroxyl groups is 1. The predicted molar refractivity (Wildman–Crippen MR) is 85.9 cm³/mol. The largest absolute Gasteiger partial charge is 0.496 e. The molecule has 0 heterocycles. The average Bonchev–Trinajstić information content (AvgIpc) is 2.92. The molecule has 0 unspecified atom stereocenters. The minimum absolute atomic E-state index is 0.127. The van der Waals surface area contributed by atoms with Gasteiger partial charge in [-0.25, -0.2) is 4.79 Å². The van der Waals surface area contributed by atoms with Gasteiger partial charge in [-0.15, -0.1) is 0 Å². The molecule has 0 radical (unpaired) electrons. The third-order valence-electron chi connectivity index (χ3n) is 4.42. The maximum atomic E-state index is 12.3. The highest BCUT2D eigenvalue weighted by Crippen LogP contribution is 2.27. The van der Waals surface area contributed by atoms with Crippen LogP contribution in [0.3, 0.4) is 0 Å². The van der Waals surface area contributed by atoms with Crippen LogP contribution in [0.4, 0.5) is 4.79 Å². The van der Waals surface area contributed by atoms with Gasteiger partial charge in [-0.1, -0.05) is 24.6 Å². The van der Waals surface area contributed by atoms with Gasteiger partial charge >= 0.3 is 6.03 Å². The van der Waals surface area contributed by atoms with Gasteiger partial charge in [0.15, 0.2) is 0 Å². The molecule has 1 aromatic rings. The highest BCUT2D eigenvalue weighted by Gasteiger charge is 2.27. The Morgan fingerprint density at radius 1 is 1.45 bits per heavy atom. The molecule has 0 bridgehead atoms. The van der Waals surface area contributed by atoms with Crippen molar-refractivity contribution >= 4 is 6.03 Å². The Hall–Kier alpha value is -1.75. The maximum absolute atomic E-state index is 12.3. The highest BCUT2D eigenvalue weighted by molar-refractivity contribution is 5.74. The molecule has 2 N–H and O–H groups in total. The lowest BCUT2D eigenvalue weighted by Gasteiger charge is -2.26. The number of nitrogens with zero attached hydrogens (tertiary/aromatic N) is 1. The van der Waals surface area contributed by atoms with E-state index in [9.17, 15) is 9.90 Å². The lowest BCUT2D eigenvalue weighted by atomic mass is 10.1. The van der Waals surface area contributed by atoms with E-state index < -0.39 is 0 Å². The molecule has 0 aromatic heterocycles. The highest BCUT2D eigenvalue weighted by atomic mass is 16.5. The zero-order valence-corrected chi connectivity index (χ0v) is 13.6. The second-order valence-electron chi connectivity index (χ2n) is 6.05. The first kappa shape index (κ1) is 16.6. The van der Waals surface area contributed by atoms with Gasteiger partial charge in [-0.05, 0) is 25.8 Å². The van der Waals surface area contributed by atoms with Crippen molar-refractivity contribution in [2.75, 3.05) is 20.7 Å². The third kappa shape index (κ3) is 3.91. The van der Waals surface area contributed by atoms with Crippen LogP contribution in [-0.4, -0.2) is 42.8 Å². The summed E-state index contributed by atoms with van der Waals surface area (Å²) in [5, 5.41) is 12.9. The molecule has 1 aliphatic rings. The van der Waals surface area contributed by atoms with Crippen molar-refractivity contribution < 1.29 is 14.6 Å². The number of para-hydroxylation sites is 1. The quantitative estimate of drug-likeness (QED) is 0.879. The number of nitrogens with one attached hydrogen (secondary N) is 1. The number of ether oxygens (including phenoxy) is 1. The Morgan fingerprint density at radius 2 is 2.18 bits per heavy atom. The topological polar surface area (TPSA) is 61.8 Å². The number of carbonyl (C=O) groups is 1. The molecule has 2 rings (SSSR count). The van der Waals surface area contributed by atoms with Crippen molar-refractivity contribution in [3.8, 4) is 5.75 Å². The second kappa shape index (κ2) is 7.49. The van der Waals surface area contributed by atoms with E-state index in [1.54, 1.807) is 19.1 Å². The molecule has 1 fully saturated rings. The molecule has 2 amide bonds. The van der Waals surface area contributed by atoms with E-state index in [0.29, 0.717) is 6.54 Å². The minimum Gasteiger partial charge on any atom is -0.496 e. The van der Waals surface area contributed by atoms with Crippen molar-refractivity contribution in [3.63, 3.8) is 0 Å². The molecule has 22 heavy (non-hydrogen) atoms. The molecule has 0 spiro atoms. The number of benzene rings is 1. The second-order valence-corrected chi connectivity index (χ2v) is 6.05. The van der Waals surface area contributed by atoms with Crippen LogP contribution in [0.25, 0.3) is 0 Å². The third-order valence-corrected chi connectivity index (χ3v) is 4.42. The van der Waals surface area contributed by atoms with Crippen molar-refractivity contribution in [1.29, 1.82) is 0 Å². The van der Waals surface area contributed by atoms with Gasteiger partial charge < -0.3 is 20.1 Å². The summed E-state index contributed by atoms with van der Waals surface area (Å²) in [5.74, 6) is 0.960. The Balaban J connectivity index is 1.92. The first-order valence-corrected chi connectivity index (χ1v) is 7.85. The van der Waals surface area contributed by atoms with Crippen molar-refractivity contribution in [2.45, 2.75) is 38.3 Å². The molecule has 1 aliphatic carbocycles. The molecule has 0 saturated heterocycles. The zero-order chi connectivity index (χ0) is 16.1. The number of aliphatic hydroxyl groups excluding tert-OH is 1. The molecule has 1 aromatic carbocycles. The van der Waals surface area contributed by atoms with Gasteiger partial charge in [0.25, 0.3) is 0 Å². The molecule has 5 nitrogen and oxygen atoms in total. The lowest BCUT2D eigenvalue weighted by Crippen LogP contribution is -2.42. The summed E-state index contributed by atoms with van der Waals surface area (Å²) in [6.07, 6.45) is 2.60. The van der Waals surface area contributed by atoms with Crippen LogP contribution in [0, 0.1) is 5.92 Å². The molecule has 5 heteroatoms. The number of carbonyl (C=O) groups excluding carboxylic acids is 1. The first-order chi connectivity index (χ1) is 10.5. The van der Waals surface area contributed by atoms with Crippen molar-refractivity contribution in [1.82, 2.24) is 10.2 Å². The summed E-state index contributed by atoms with van der Waals surface area (Å²) in [7, 11) is 3.40. The molecule has 0 aliphatic heterocycles. The summed E-state index contributed by atoms with van der Waals surface area (Å²) in [6, 6.07) is 7.40. The summed E-state index contributed by atoms with van der Waals surface area (Å²) in [5.41, 5.74) is 0.952. The van der Waals surface area contributed by atoms with E-state index in [1.165, 1.54) is 0 Å². The van der Waals surface area contributed by atoms with Gasteiger partial charge in [-0.2, -0.15) is 0 Å². The number of amides is 2. The number of hydrogen-bond donors (Lipinski definition) is 2. The fraction of sp³-hybridized carbons (Fsp3) is 0.588. The van der Waals surface area contributed by atoms with Gasteiger partial charge in [-0.3, -0.25) is 0 Å². The molecule has 1 saturated carbocycles. The molecule has 122 valence electrons. The van der Waals surface area contributed by atoms with Crippen LogP contribution >= 0.6 is 0 Å². The van der Waals surface area contributed by atoms with Crippen LogP contribution in [0.2, 0.25) is 0 Å². The Bertz CT molecular complexity index is 506. The number of hydrogen-bond acceptors (Lipinski definition) is 3. The maximum Gasteiger partial charge on any atom is 0.317 e. The molecular weight excluding hydrogens is 280 g/mol. The van der Waals surface area contributed by atoms with E-state index in [1.807, 2.05) is 31.2 Å². The minimum atomic E-state index is -0.276. The Kier molecular flexibility index (Phi) is 5.66. The standard InChI is InChI=1S/C17H26N2O3/c1-12(14-8-4-5-10-16(14)22-3)18-17(21)19(2)11-13-7-6-9-15(13)20/h4-5,8,10,12-13,15,20H,6-7,9,11H2,1-3H3,(H,18,21)/t12-,13-,15+/m0/s1. The van der Waals surface area contributed by atoms with E-state index >= 15 is 0 Å². The molecular formula is C17H26N2O3. The summed E-state index contributed by atoms with van der Waals surface area (Å²) < 4.78 is 5.33. The SMILES string of the molecule is COc1ccccc1[C@H](C)NC(=O)N(C)C[C@@H]1CCC[C@H]1O. The van der Waals surface area contributed by atoms with Crippen LogP contribution < -0.4 is 10.1 Å². The van der Waals surface area contributed by atoms with Crippen LogP contribution in [0.1, 0.15) is 37.8 Å². The fourth-order valence-corrected chi connectivity index (χ4v) is 3.06. The van der Waals surface area contributed by atoms with Crippen LogP contribution in [-0.2, 0) is 0 Å². The van der Waals surface area contributed by atoms with Crippen molar-refractivity contribution in [2.24, 2.45) is 5.92 Å². The van der Waals surface area contributed by atoms with Gasteiger partial charge in [0.05, 0.1) is 19.3 Å². The summed E-state index contributed by atoms with van der Waals surface area (Å²) in [6.45, 7) is 2.53. The van der Waals surface area contributed by atoms with E-state index in [-0.39, 0.29) is 24.1 Å². The Morgan fingerprint density at radius 3 is 2.82 bits per heavy atom. The van der Waals surface area contributed by atoms with Crippen molar-refractivity contribution in [3.05, 3.63) is 29.8 Å². The normalized spacial score (nSPS) is 22.2. The van der Waals surface area contributed by atoms with E-state index in [0.717, 1.165) is 30.6 Å². The van der Waals surface area contributed by atoms with Gasteiger partial charge in [0.1, 0.15) is 5.75 Å². The summed E-state index contributed by atoms with van der Waals surface area (Å²) in [4.78, 5) is 14.0. The number of methoxy groups -OCH3 is 1. The smallest absolute Gasteiger partial charge is 0.317 e. The average molecular weight is 306 g/mol. The lowest BCUT2D eigenvalue weighted by molar-refractivity contribution is 0.113. The first-order valence-electron chi connectivity index (χ1n) is 7.85. The summed E-state index contributed by atoms with van der Waals surface area (Å²) >= 11 is 0. The van der Waals surface area contributed by atoms with Crippen LogP contribution in [0.15, 0.2) is 24.3 Å². The van der Waals surface area contributed by atoms with E-state index in [4.69, 9.17) is 4.74 Å². The zero-order valence-electron chi connectivity index (χ0n) is 13.6. The van der Waals surface area contributed by atoms with Gasteiger partial charge in [0.2, 0.25) is 0 Å². The predicted octanol–water partition coefficient (Wildman–Crippen LogP) is 2.56. The van der Waals surface area contributed by atoms with E-state index in [2.05, 4.69) is 5.32 Å². The fourth-order valence-electron chi connectivity index (χ4n) is 3.06. The monoisotopic (exact) mass is 306 g/mol. The number of rotatable bonds is 5. The Labute approximate surface area is 132 Å².